The molecule has 1 aliphatic rings. The Bertz CT molecular complexity index is 1030. The number of aryl methyl sites for hydroxylation is 1. The average Bonchev–Trinajstić information content (AvgIpc) is 3.31. The number of benzene rings is 1. The van der Waals surface area contributed by atoms with Gasteiger partial charge in [0.25, 0.3) is 0 Å². The first-order valence-electron chi connectivity index (χ1n) is 8.80. The number of H-pyrrole nitrogens is 1. The number of rotatable bonds is 3. The van der Waals surface area contributed by atoms with Crippen molar-refractivity contribution in [2.24, 2.45) is 0 Å². The zero-order chi connectivity index (χ0) is 16.6. The Kier molecular flexibility index (Phi) is 3.63. The van der Waals surface area contributed by atoms with Gasteiger partial charge in [-0.15, -0.1) is 21.5 Å². The zero-order valence-electron chi connectivity index (χ0n) is 13.9. The highest BCUT2D eigenvalue weighted by Crippen LogP contribution is 2.30. The second kappa shape index (κ2) is 6.11. The molecule has 0 bridgehead atoms. The van der Waals surface area contributed by atoms with Crippen LogP contribution in [0.5, 0.6) is 0 Å². The monoisotopic (exact) mass is 349 g/mol. The van der Waals surface area contributed by atoms with Crippen molar-refractivity contribution in [3.63, 3.8) is 0 Å². The van der Waals surface area contributed by atoms with E-state index in [0.29, 0.717) is 0 Å². The Labute approximate surface area is 149 Å². The minimum Gasteiger partial charge on any atom is -0.360 e. The maximum Gasteiger partial charge on any atom is 0.139 e. The summed E-state index contributed by atoms with van der Waals surface area (Å²) in [7, 11) is 0. The lowest BCUT2D eigenvalue weighted by molar-refractivity contribution is 0.611. The molecule has 0 radical (unpaired) electrons. The number of para-hydroxylation sites is 1. The SMILES string of the molecule is c1ccc2c(-c3csc(Cc4nnc5n4CCCCC5)n3)c[nH]c2c1. The first-order valence-corrected chi connectivity index (χ1v) is 9.68. The van der Waals surface area contributed by atoms with Crippen molar-refractivity contribution in [1.29, 1.82) is 0 Å². The molecular formula is C19H19N5S. The van der Waals surface area contributed by atoms with Crippen molar-refractivity contribution < 1.29 is 0 Å². The van der Waals surface area contributed by atoms with Crippen LogP contribution in [0.4, 0.5) is 0 Å². The molecule has 5 nitrogen and oxygen atoms in total. The van der Waals surface area contributed by atoms with Crippen LogP contribution in [0.2, 0.25) is 0 Å². The first kappa shape index (κ1) is 14.8. The van der Waals surface area contributed by atoms with Crippen molar-refractivity contribution in [3.05, 3.63) is 52.5 Å². The van der Waals surface area contributed by atoms with Gasteiger partial charge in [0.2, 0.25) is 0 Å². The van der Waals surface area contributed by atoms with Gasteiger partial charge in [0.1, 0.15) is 16.7 Å². The van der Waals surface area contributed by atoms with E-state index < -0.39 is 0 Å². The summed E-state index contributed by atoms with van der Waals surface area (Å²) < 4.78 is 2.31. The topological polar surface area (TPSA) is 59.4 Å². The minimum absolute atomic E-state index is 0.764. The summed E-state index contributed by atoms with van der Waals surface area (Å²) >= 11 is 1.70. The zero-order valence-corrected chi connectivity index (χ0v) is 14.7. The molecule has 0 unspecified atom stereocenters. The third-order valence-corrected chi connectivity index (χ3v) is 5.76. The van der Waals surface area contributed by atoms with Crippen LogP contribution in [0.1, 0.15) is 35.9 Å². The smallest absolute Gasteiger partial charge is 0.139 e. The van der Waals surface area contributed by atoms with E-state index >= 15 is 0 Å². The summed E-state index contributed by atoms with van der Waals surface area (Å²) in [6.07, 6.45) is 7.58. The van der Waals surface area contributed by atoms with E-state index in [4.69, 9.17) is 4.98 Å². The molecule has 5 rings (SSSR count). The molecule has 25 heavy (non-hydrogen) atoms. The van der Waals surface area contributed by atoms with E-state index in [2.05, 4.69) is 43.3 Å². The molecule has 0 atom stereocenters. The molecular weight excluding hydrogens is 330 g/mol. The van der Waals surface area contributed by atoms with Crippen LogP contribution in [0.25, 0.3) is 22.2 Å². The Balaban J connectivity index is 1.45. The predicted octanol–water partition coefficient (Wildman–Crippen LogP) is 4.20. The highest BCUT2D eigenvalue weighted by Gasteiger charge is 2.17. The van der Waals surface area contributed by atoms with Gasteiger partial charge in [-0.05, 0) is 18.9 Å². The second-order valence-corrected chi connectivity index (χ2v) is 7.49. The van der Waals surface area contributed by atoms with E-state index in [1.165, 1.54) is 24.6 Å². The number of hydrogen-bond acceptors (Lipinski definition) is 4. The maximum absolute atomic E-state index is 4.87. The summed E-state index contributed by atoms with van der Waals surface area (Å²) in [5, 5.41) is 13.3. The molecule has 0 spiro atoms. The van der Waals surface area contributed by atoms with E-state index in [-0.39, 0.29) is 0 Å². The van der Waals surface area contributed by atoms with Gasteiger partial charge in [-0.2, -0.15) is 0 Å². The molecule has 0 saturated heterocycles. The average molecular weight is 349 g/mol. The van der Waals surface area contributed by atoms with E-state index in [9.17, 15) is 0 Å². The summed E-state index contributed by atoms with van der Waals surface area (Å²) in [6, 6.07) is 8.35. The molecule has 0 fully saturated rings. The number of hydrogen-bond donors (Lipinski definition) is 1. The lowest BCUT2D eigenvalue weighted by atomic mass is 10.1. The molecule has 1 N–H and O–H groups in total. The lowest BCUT2D eigenvalue weighted by Gasteiger charge is -2.05. The summed E-state index contributed by atoms with van der Waals surface area (Å²) in [5.41, 5.74) is 3.35. The Hall–Kier alpha value is -2.47. The van der Waals surface area contributed by atoms with Crippen molar-refractivity contribution >= 4 is 22.2 Å². The van der Waals surface area contributed by atoms with Crippen LogP contribution in [-0.2, 0) is 19.4 Å². The number of nitrogens with zero attached hydrogens (tertiary/aromatic N) is 4. The molecule has 0 saturated carbocycles. The fraction of sp³-hybridized carbons (Fsp3) is 0.316. The molecule has 0 amide bonds. The number of aromatic amines is 1. The van der Waals surface area contributed by atoms with Gasteiger partial charge in [-0.1, -0.05) is 24.6 Å². The highest BCUT2D eigenvalue weighted by atomic mass is 32.1. The Morgan fingerprint density at radius 2 is 2.08 bits per heavy atom. The van der Waals surface area contributed by atoms with Gasteiger partial charge < -0.3 is 9.55 Å². The summed E-state index contributed by atoms with van der Waals surface area (Å²) in [6.45, 7) is 1.04. The van der Waals surface area contributed by atoms with Crippen LogP contribution in [0.15, 0.2) is 35.8 Å². The van der Waals surface area contributed by atoms with Gasteiger partial charge >= 0.3 is 0 Å². The molecule has 4 heterocycles. The van der Waals surface area contributed by atoms with Crippen LogP contribution >= 0.6 is 11.3 Å². The Morgan fingerprint density at radius 3 is 3.08 bits per heavy atom. The number of aromatic nitrogens is 5. The normalized spacial score (nSPS) is 14.6. The fourth-order valence-corrected chi connectivity index (χ4v) is 4.40. The highest BCUT2D eigenvalue weighted by molar-refractivity contribution is 7.10. The summed E-state index contributed by atoms with van der Waals surface area (Å²) in [4.78, 5) is 8.19. The van der Waals surface area contributed by atoms with E-state index in [1.807, 2.05) is 12.3 Å². The van der Waals surface area contributed by atoms with E-state index in [1.54, 1.807) is 11.3 Å². The third-order valence-electron chi connectivity index (χ3n) is 4.91. The standard InChI is InChI=1S/C19H19N5S/c1-2-8-17-22-23-18(24(17)9-5-1)10-19-21-16(12-25-19)14-11-20-15-7-4-3-6-13(14)15/h3-4,6-7,11-12,20H,1-2,5,8-10H2. The van der Waals surface area contributed by atoms with Crippen molar-refractivity contribution in [2.45, 2.75) is 38.6 Å². The van der Waals surface area contributed by atoms with Crippen LogP contribution < -0.4 is 0 Å². The second-order valence-electron chi connectivity index (χ2n) is 6.55. The van der Waals surface area contributed by atoms with Gasteiger partial charge in [-0.3, -0.25) is 0 Å². The third kappa shape index (κ3) is 2.66. The molecule has 0 aliphatic carbocycles. The van der Waals surface area contributed by atoms with Gasteiger partial charge in [-0.25, -0.2) is 4.98 Å². The Morgan fingerprint density at radius 1 is 1.12 bits per heavy atom. The minimum atomic E-state index is 0.764. The predicted molar refractivity (Wildman–Crippen MR) is 99.8 cm³/mol. The van der Waals surface area contributed by atoms with Crippen molar-refractivity contribution in [1.82, 2.24) is 24.7 Å². The largest absolute Gasteiger partial charge is 0.360 e. The first-order chi connectivity index (χ1) is 12.4. The van der Waals surface area contributed by atoms with Crippen LogP contribution in [0, 0.1) is 0 Å². The number of nitrogens with one attached hydrogen (secondary N) is 1. The number of thiazole rings is 1. The molecule has 3 aromatic heterocycles. The number of fused-ring (bicyclic) bond motifs is 2. The molecule has 126 valence electrons. The van der Waals surface area contributed by atoms with Gasteiger partial charge in [0.05, 0.1) is 12.1 Å². The maximum atomic E-state index is 4.87. The van der Waals surface area contributed by atoms with Crippen LogP contribution in [0.3, 0.4) is 0 Å². The van der Waals surface area contributed by atoms with Crippen molar-refractivity contribution in [2.75, 3.05) is 0 Å². The molecule has 4 aromatic rings. The summed E-state index contributed by atoms with van der Waals surface area (Å²) in [5.74, 6) is 2.19. The lowest BCUT2D eigenvalue weighted by Crippen LogP contribution is -2.06. The van der Waals surface area contributed by atoms with Crippen molar-refractivity contribution in [3.8, 4) is 11.3 Å². The van der Waals surface area contributed by atoms with Gasteiger partial charge in [0, 0.05) is 41.0 Å². The van der Waals surface area contributed by atoms with Gasteiger partial charge in [0.15, 0.2) is 0 Å². The van der Waals surface area contributed by atoms with E-state index in [0.717, 1.165) is 52.8 Å². The van der Waals surface area contributed by atoms with Crippen LogP contribution in [-0.4, -0.2) is 24.7 Å². The molecule has 1 aromatic carbocycles. The fourth-order valence-electron chi connectivity index (χ4n) is 3.61. The molecule has 1 aliphatic heterocycles. The molecule has 6 heteroatoms. The quantitative estimate of drug-likeness (QED) is 0.603.